The summed E-state index contributed by atoms with van der Waals surface area (Å²) in [7, 11) is 1.53. The lowest BCUT2D eigenvalue weighted by molar-refractivity contribution is 0.378. The van der Waals surface area contributed by atoms with Crippen molar-refractivity contribution < 1.29 is 4.74 Å². The Balaban J connectivity index is 3.05. The maximum Gasteiger partial charge on any atom is 0.322 e. The summed E-state index contributed by atoms with van der Waals surface area (Å²) in [6, 6.07) is 0.618. The van der Waals surface area contributed by atoms with Gasteiger partial charge in [0.05, 0.1) is 7.11 Å². The molecule has 0 aliphatic rings. The molecule has 0 spiro atoms. The van der Waals surface area contributed by atoms with Crippen molar-refractivity contribution in [3.8, 4) is 6.01 Å². The molecule has 19 heavy (non-hydrogen) atoms. The van der Waals surface area contributed by atoms with E-state index in [4.69, 9.17) is 10.6 Å². The summed E-state index contributed by atoms with van der Waals surface area (Å²) in [5, 5.41) is 0. The monoisotopic (exact) mass is 268 g/mol. The van der Waals surface area contributed by atoms with Gasteiger partial charge in [-0.25, -0.2) is 5.84 Å². The van der Waals surface area contributed by atoms with Crippen molar-refractivity contribution in [2.24, 2.45) is 5.84 Å². The lowest BCUT2D eigenvalue weighted by atomic mass is 10.2. The number of nitrogen functional groups attached to an aromatic ring is 1. The summed E-state index contributed by atoms with van der Waals surface area (Å²) < 4.78 is 5.08. The molecule has 1 unspecified atom stereocenters. The second kappa shape index (κ2) is 7.73. The molecule has 0 radical (unpaired) electrons. The minimum Gasteiger partial charge on any atom is -0.467 e. The van der Waals surface area contributed by atoms with Gasteiger partial charge in [-0.3, -0.25) is 5.43 Å². The number of nitrogens with one attached hydrogen (secondary N) is 1. The Hall–Kier alpha value is -1.63. The summed E-state index contributed by atoms with van der Waals surface area (Å²) in [4.78, 5) is 14.8. The van der Waals surface area contributed by atoms with E-state index in [1.165, 1.54) is 7.11 Å². The Labute approximate surface area is 114 Å². The Morgan fingerprint density at radius 2 is 2.05 bits per heavy atom. The molecule has 0 bridgehead atoms. The van der Waals surface area contributed by atoms with E-state index >= 15 is 0 Å². The first kappa shape index (κ1) is 15.4. The number of aromatic nitrogens is 3. The summed E-state index contributed by atoms with van der Waals surface area (Å²) in [5.74, 6) is 6.29. The lowest BCUT2D eigenvalue weighted by Gasteiger charge is -2.28. The molecule has 3 N–H and O–H groups in total. The summed E-state index contributed by atoms with van der Waals surface area (Å²) in [5.41, 5.74) is 2.44. The third kappa shape index (κ3) is 4.20. The number of nitrogens with zero attached hydrogens (tertiary/aromatic N) is 4. The largest absolute Gasteiger partial charge is 0.467 e. The number of nitrogens with two attached hydrogens (primary N) is 1. The highest BCUT2D eigenvalue weighted by Crippen LogP contribution is 2.18. The fourth-order valence-corrected chi connectivity index (χ4v) is 1.70. The molecule has 0 aromatic carbocycles. The molecule has 0 aliphatic carbocycles. The normalized spacial score (nSPS) is 12.1. The second-order valence-corrected chi connectivity index (χ2v) is 4.39. The fourth-order valence-electron chi connectivity index (χ4n) is 1.70. The Morgan fingerprint density at radius 1 is 1.32 bits per heavy atom. The molecule has 7 heteroatoms. The van der Waals surface area contributed by atoms with E-state index < -0.39 is 0 Å². The first-order valence-electron chi connectivity index (χ1n) is 6.69. The first-order chi connectivity index (χ1) is 9.15. The topological polar surface area (TPSA) is 89.2 Å². The molecule has 0 amide bonds. The molecule has 0 saturated carbocycles. The Morgan fingerprint density at radius 3 is 2.58 bits per heavy atom. The maximum absolute atomic E-state index is 5.37. The van der Waals surface area contributed by atoms with E-state index in [9.17, 15) is 0 Å². The molecule has 1 aromatic rings. The number of hydrogen-bond acceptors (Lipinski definition) is 7. The number of rotatable bonds is 8. The van der Waals surface area contributed by atoms with Gasteiger partial charge in [0.1, 0.15) is 0 Å². The van der Waals surface area contributed by atoms with Crippen LogP contribution in [0.5, 0.6) is 6.01 Å². The van der Waals surface area contributed by atoms with E-state index in [-0.39, 0.29) is 6.01 Å². The van der Waals surface area contributed by atoms with E-state index in [0.717, 1.165) is 25.8 Å². The molecule has 7 nitrogen and oxygen atoms in total. The van der Waals surface area contributed by atoms with Crippen molar-refractivity contribution in [3.05, 3.63) is 0 Å². The minimum atomic E-state index is 0.266. The summed E-state index contributed by atoms with van der Waals surface area (Å²) in [6.07, 6.45) is 3.23. The molecule has 1 aromatic heterocycles. The molecule has 1 heterocycles. The number of hydrazine groups is 1. The van der Waals surface area contributed by atoms with Crippen molar-refractivity contribution in [2.75, 3.05) is 24.0 Å². The van der Waals surface area contributed by atoms with Crippen molar-refractivity contribution in [2.45, 2.75) is 46.1 Å². The van der Waals surface area contributed by atoms with Crippen LogP contribution in [-0.2, 0) is 0 Å². The van der Waals surface area contributed by atoms with Gasteiger partial charge in [0.2, 0.25) is 11.9 Å². The molecule has 1 atom stereocenters. The second-order valence-electron chi connectivity index (χ2n) is 4.39. The van der Waals surface area contributed by atoms with Gasteiger partial charge in [0.25, 0.3) is 0 Å². The highest BCUT2D eigenvalue weighted by molar-refractivity contribution is 5.38. The van der Waals surface area contributed by atoms with Crippen LogP contribution in [0.1, 0.15) is 40.0 Å². The smallest absolute Gasteiger partial charge is 0.322 e. The molecule has 0 aliphatic heterocycles. The standard InChI is InChI=1S/C12H24N6O/c1-5-7-8-18(9(3)6-2)11-14-10(17-13)15-12(16-11)19-4/h9H,5-8,13H2,1-4H3,(H,14,15,16,17). The highest BCUT2D eigenvalue weighted by atomic mass is 16.5. The van der Waals surface area contributed by atoms with Crippen LogP contribution in [0.3, 0.4) is 0 Å². The van der Waals surface area contributed by atoms with Gasteiger partial charge in [0, 0.05) is 12.6 Å². The number of unbranched alkanes of at least 4 members (excludes halogenated alkanes) is 1. The van der Waals surface area contributed by atoms with Gasteiger partial charge in [-0.1, -0.05) is 20.3 Å². The quantitative estimate of drug-likeness (QED) is 0.546. The van der Waals surface area contributed by atoms with Gasteiger partial charge >= 0.3 is 6.01 Å². The van der Waals surface area contributed by atoms with Crippen molar-refractivity contribution in [1.82, 2.24) is 15.0 Å². The predicted molar refractivity (Wildman–Crippen MR) is 76.2 cm³/mol. The SMILES string of the molecule is CCCCN(c1nc(NN)nc(OC)n1)C(C)CC. The molecular weight excluding hydrogens is 244 g/mol. The van der Waals surface area contributed by atoms with Gasteiger partial charge in [0.15, 0.2) is 0 Å². The summed E-state index contributed by atoms with van der Waals surface area (Å²) in [6.45, 7) is 7.37. The van der Waals surface area contributed by atoms with E-state index in [0.29, 0.717) is 17.9 Å². The number of ether oxygens (including phenoxy) is 1. The minimum absolute atomic E-state index is 0.266. The van der Waals surface area contributed by atoms with E-state index in [1.54, 1.807) is 0 Å². The van der Waals surface area contributed by atoms with Crippen LogP contribution < -0.4 is 20.9 Å². The van der Waals surface area contributed by atoms with Gasteiger partial charge in [-0.05, 0) is 19.8 Å². The molecule has 0 saturated heterocycles. The fraction of sp³-hybridized carbons (Fsp3) is 0.750. The Kier molecular flexibility index (Phi) is 6.27. The number of methoxy groups -OCH3 is 1. The van der Waals surface area contributed by atoms with E-state index in [1.807, 2.05) is 0 Å². The maximum atomic E-state index is 5.37. The van der Waals surface area contributed by atoms with Gasteiger partial charge in [-0.2, -0.15) is 15.0 Å². The van der Waals surface area contributed by atoms with Crippen LogP contribution in [0, 0.1) is 0 Å². The Bertz CT molecular complexity index is 364. The molecule has 108 valence electrons. The van der Waals surface area contributed by atoms with E-state index in [2.05, 4.69) is 46.0 Å². The van der Waals surface area contributed by atoms with Crippen molar-refractivity contribution >= 4 is 11.9 Å². The zero-order valence-electron chi connectivity index (χ0n) is 12.2. The zero-order valence-corrected chi connectivity index (χ0v) is 12.2. The van der Waals surface area contributed by atoms with Gasteiger partial charge in [-0.15, -0.1) is 0 Å². The average molecular weight is 268 g/mol. The highest BCUT2D eigenvalue weighted by Gasteiger charge is 2.17. The van der Waals surface area contributed by atoms with Crippen molar-refractivity contribution in [1.29, 1.82) is 0 Å². The van der Waals surface area contributed by atoms with Crippen LogP contribution in [-0.4, -0.2) is 34.6 Å². The molecule has 0 fully saturated rings. The van der Waals surface area contributed by atoms with Crippen LogP contribution in [0.2, 0.25) is 0 Å². The van der Waals surface area contributed by atoms with Crippen LogP contribution in [0.4, 0.5) is 11.9 Å². The number of hydrogen-bond donors (Lipinski definition) is 2. The third-order valence-electron chi connectivity index (χ3n) is 3.05. The average Bonchev–Trinajstić information content (AvgIpc) is 2.46. The third-order valence-corrected chi connectivity index (χ3v) is 3.05. The van der Waals surface area contributed by atoms with Crippen LogP contribution in [0.25, 0.3) is 0 Å². The molecular formula is C12H24N6O. The van der Waals surface area contributed by atoms with Crippen LogP contribution in [0.15, 0.2) is 0 Å². The number of anilines is 2. The predicted octanol–water partition coefficient (Wildman–Crippen LogP) is 1.57. The van der Waals surface area contributed by atoms with Crippen molar-refractivity contribution in [3.63, 3.8) is 0 Å². The first-order valence-corrected chi connectivity index (χ1v) is 6.69. The van der Waals surface area contributed by atoms with Gasteiger partial charge < -0.3 is 9.64 Å². The molecule has 1 rings (SSSR count). The lowest BCUT2D eigenvalue weighted by Crippen LogP contribution is -2.35. The van der Waals surface area contributed by atoms with Crippen LogP contribution >= 0.6 is 0 Å². The zero-order chi connectivity index (χ0) is 14.3. The summed E-state index contributed by atoms with van der Waals surface area (Å²) >= 11 is 0.